The number of sulfonamides is 1. The quantitative estimate of drug-likeness (QED) is 0.465. The third-order valence-electron chi connectivity index (χ3n) is 6.99. The maximum absolute atomic E-state index is 13.8. The molecule has 0 N–H and O–H groups in total. The van der Waals surface area contributed by atoms with Gasteiger partial charge in [0.15, 0.2) is 0 Å². The number of methoxy groups -OCH3 is 1. The molecule has 2 atom stereocenters. The van der Waals surface area contributed by atoms with Gasteiger partial charge in [0.05, 0.1) is 23.1 Å². The molecule has 36 heavy (non-hydrogen) atoms. The van der Waals surface area contributed by atoms with Gasteiger partial charge in [0.25, 0.3) is 10.0 Å². The zero-order valence-electron chi connectivity index (χ0n) is 19.9. The summed E-state index contributed by atoms with van der Waals surface area (Å²) in [5.41, 5.74) is 1.99. The van der Waals surface area contributed by atoms with Gasteiger partial charge in [0.2, 0.25) is 5.91 Å². The Labute approximate surface area is 220 Å². The molecule has 2 fully saturated rings. The van der Waals surface area contributed by atoms with E-state index < -0.39 is 15.9 Å². The second-order valence-electron chi connectivity index (χ2n) is 8.99. The second kappa shape index (κ2) is 10.4. The Morgan fingerprint density at radius 1 is 0.944 bits per heavy atom. The van der Waals surface area contributed by atoms with Gasteiger partial charge in [-0.2, -0.15) is 4.31 Å². The highest BCUT2D eigenvalue weighted by molar-refractivity contribution is 7.91. The minimum absolute atomic E-state index is 0.00504. The number of amides is 1. The molecule has 7 nitrogen and oxygen atoms in total. The molecule has 2 unspecified atom stereocenters. The van der Waals surface area contributed by atoms with Crippen LogP contribution in [0.15, 0.2) is 70.9 Å². The lowest BCUT2D eigenvalue weighted by Crippen LogP contribution is -2.51. The van der Waals surface area contributed by atoms with Crippen molar-refractivity contribution in [3.05, 3.63) is 76.6 Å². The van der Waals surface area contributed by atoms with Crippen molar-refractivity contribution in [3.63, 3.8) is 0 Å². The molecule has 5 rings (SSSR count). The number of carbonyl (C=O) groups excluding carboxylic acids is 1. The second-order valence-corrected chi connectivity index (χ2v) is 12.9. The van der Waals surface area contributed by atoms with Gasteiger partial charge in [0.1, 0.15) is 9.96 Å². The van der Waals surface area contributed by atoms with Gasteiger partial charge in [-0.25, -0.2) is 8.42 Å². The van der Waals surface area contributed by atoms with Crippen LogP contribution in [0.2, 0.25) is 4.34 Å². The molecule has 10 heteroatoms. The van der Waals surface area contributed by atoms with E-state index in [0.717, 1.165) is 28.3 Å². The average Bonchev–Trinajstić information content (AvgIpc) is 3.57. The molecule has 2 saturated heterocycles. The van der Waals surface area contributed by atoms with E-state index in [0.29, 0.717) is 30.5 Å². The summed E-state index contributed by atoms with van der Waals surface area (Å²) in [5.74, 6) is 0.156. The van der Waals surface area contributed by atoms with Crippen molar-refractivity contribution in [3.8, 4) is 5.75 Å². The average molecular weight is 546 g/mol. The number of hydrogen-bond acceptors (Lipinski definition) is 6. The number of carbonyl (C=O) groups is 1. The maximum atomic E-state index is 13.8. The van der Waals surface area contributed by atoms with Crippen LogP contribution >= 0.6 is 22.9 Å². The standard InChI is InChI=1S/C26H28ClN3O4S2/c1-34-23-10-6-5-9-22(23)28-13-15-29(16-14-28)26(31)21-18-30(17-20(21)19-7-3-2-4-8-19)36(32,33)25-12-11-24(27)35-25/h2-12,20-21H,13-18H2,1H3. The van der Waals surface area contributed by atoms with Crippen LogP contribution in [-0.2, 0) is 14.8 Å². The number of rotatable bonds is 6. The van der Waals surface area contributed by atoms with Crippen LogP contribution < -0.4 is 9.64 Å². The summed E-state index contributed by atoms with van der Waals surface area (Å²) in [5, 5.41) is 0. The minimum Gasteiger partial charge on any atom is -0.495 e. The predicted molar refractivity (Wildman–Crippen MR) is 143 cm³/mol. The van der Waals surface area contributed by atoms with Crippen LogP contribution in [0.4, 0.5) is 5.69 Å². The van der Waals surface area contributed by atoms with E-state index in [4.69, 9.17) is 16.3 Å². The molecule has 1 aromatic heterocycles. The van der Waals surface area contributed by atoms with Gasteiger partial charge in [-0.05, 0) is 29.8 Å². The van der Waals surface area contributed by atoms with Crippen LogP contribution in [0.3, 0.4) is 0 Å². The number of para-hydroxylation sites is 2. The Hall–Kier alpha value is -2.59. The van der Waals surface area contributed by atoms with E-state index in [-0.39, 0.29) is 29.1 Å². The molecule has 0 spiro atoms. The molecule has 2 aliphatic heterocycles. The first kappa shape index (κ1) is 25.1. The monoisotopic (exact) mass is 545 g/mol. The number of benzene rings is 2. The SMILES string of the molecule is COc1ccccc1N1CCN(C(=O)C2CN(S(=O)(=O)c3ccc(Cl)s3)CC2c2ccccc2)CC1. The molecule has 3 heterocycles. The van der Waals surface area contributed by atoms with E-state index in [1.54, 1.807) is 13.2 Å². The van der Waals surface area contributed by atoms with E-state index >= 15 is 0 Å². The van der Waals surface area contributed by atoms with Crippen LogP contribution in [0, 0.1) is 5.92 Å². The fourth-order valence-corrected chi connectivity index (χ4v) is 8.24. The van der Waals surface area contributed by atoms with Crippen molar-refractivity contribution in [2.24, 2.45) is 5.92 Å². The van der Waals surface area contributed by atoms with E-state index in [1.807, 2.05) is 59.5 Å². The van der Waals surface area contributed by atoms with Crippen molar-refractivity contribution in [2.75, 3.05) is 51.3 Å². The van der Waals surface area contributed by atoms with Gasteiger partial charge in [-0.3, -0.25) is 4.79 Å². The zero-order chi connectivity index (χ0) is 25.3. The van der Waals surface area contributed by atoms with Crippen molar-refractivity contribution < 1.29 is 17.9 Å². The topological polar surface area (TPSA) is 70.2 Å². The van der Waals surface area contributed by atoms with Crippen molar-refractivity contribution in [1.29, 1.82) is 0 Å². The number of nitrogens with zero attached hydrogens (tertiary/aromatic N) is 3. The largest absolute Gasteiger partial charge is 0.495 e. The highest BCUT2D eigenvalue weighted by atomic mass is 35.5. The Morgan fingerprint density at radius 3 is 2.31 bits per heavy atom. The summed E-state index contributed by atoms with van der Waals surface area (Å²) in [6.45, 7) is 2.93. The van der Waals surface area contributed by atoms with Crippen molar-refractivity contribution >= 4 is 44.6 Å². The smallest absolute Gasteiger partial charge is 0.252 e. The Kier molecular flexibility index (Phi) is 7.25. The normalized spacial score (nSPS) is 21.1. The summed E-state index contributed by atoms with van der Waals surface area (Å²) < 4.78 is 34.3. The molecule has 3 aromatic rings. The van der Waals surface area contributed by atoms with Crippen LogP contribution in [0.25, 0.3) is 0 Å². The first-order valence-electron chi connectivity index (χ1n) is 11.9. The van der Waals surface area contributed by atoms with Gasteiger partial charge in [-0.15, -0.1) is 11.3 Å². The third kappa shape index (κ3) is 4.85. The lowest BCUT2D eigenvalue weighted by molar-refractivity contribution is -0.135. The molecule has 0 bridgehead atoms. The Balaban J connectivity index is 1.35. The Bertz CT molecular complexity index is 1320. The number of anilines is 1. The molecular formula is C26H28ClN3O4S2. The maximum Gasteiger partial charge on any atom is 0.252 e. The minimum atomic E-state index is -3.73. The van der Waals surface area contributed by atoms with Crippen LogP contribution in [-0.4, -0.2) is 69.9 Å². The Morgan fingerprint density at radius 2 is 1.64 bits per heavy atom. The molecular weight excluding hydrogens is 518 g/mol. The summed E-state index contributed by atoms with van der Waals surface area (Å²) in [6, 6.07) is 20.7. The summed E-state index contributed by atoms with van der Waals surface area (Å²) >= 11 is 7.06. The molecule has 0 radical (unpaired) electrons. The molecule has 1 amide bonds. The summed E-state index contributed by atoms with van der Waals surface area (Å²) in [7, 11) is -2.07. The molecule has 190 valence electrons. The predicted octanol–water partition coefficient (Wildman–Crippen LogP) is 4.16. The lowest BCUT2D eigenvalue weighted by atomic mass is 9.88. The van der Waals surface area contributed by atoms with Gasteiger partial charge in [-0.1, -0.05) is 54.1 Å². The molecule has 2 aromatic carbocycles. The highest BCUT2D eigenvalue weighted by Crippen LogP contribution is 2.39. The molecule has 2 aliphatic rings. The third-order valence-corrected chi connectivity index (χ3v) is 10.5. The first-order chi connectivity index (χ1) is 17.4. The van der Waals surface area contributed by atoms with E-state index in [9.17, 15) is 13.2 Å². The van der Waals surface area contributed by atoms with Crippen LogP contribution in [0.5, 0.6) is 5.75 Å². The van der Waals surface area contributed by atoms with Gasteiger partial charge in [0, 0.05) is 45.2 Å². The van der Waals surface area contributed by atoms with E-state index in [2.05, 4.69) is 4.90 Å². The number of halogens is 1. The van der Waals surface area contributed by atoms with Crippen molar-refractivity contribution in [2.45, 2.75) is 10.1 Å². The lowest BCUT2D eigenvalue weighted by Gasteiger charge is -2.38. The fourth-order valence-electron chi connectivity index (χ4n) is 5.11. The highest BCUT2D eigenvalue weighted by Gasteiger charge is 2.45. The number of hydrogen-bond donors (Lipinski definition) is 0. The summed E-state index contributed by atoms with van der Waals surface area (Å²) in [6.07, 6.45) is 0. The van der Waals surface area contributed by atoms with Crippen LogP contribution in [0.1, 0.15) is 11.5 Å². The van der Waals surface area contributed by atoms with Gasteiger partial charge < -0.3 is 14.5 Å². The molecule has 0 saturated carbocycles. The molecule has 0 aliphatic carbocycles. The number of piperazine rings is 1. The number of ether oxygens (including phenoxy) is 1. The van der Waals surface area contributed by atoms with Crippen molar-refractivity contribution in [1.82, 2.24) is 9.21 Å². The first-order valence-corrected chi connectivity index (χ1v) is 14.5. The van der Waals surface area contributed by atoms with E-state index in [1.165, 1.54) is 10.4 Å². The zero-order valence-corrected chi connectivity index (χ0v) is 22.3. The number of thiophene rings is 1. The van der Waals surface area contributed by atoms with Gasteiger partial charge >= 0.3 is 0 Å². The summed E-state index contributed by atoms with van der Waals surface area (Å²) in [4.78, 5) is 17.9. The fraction of sp³-hybridized carbons (Fsp3) is 0.346.